The molecule has 1 unspecified atom stereocenters. The molecular formula is C24H32FN3O2. The van der Waals surface area contributed by atoms with E-state index in [1.165, 1.54) is 25.0 Å². The van der Waals surface area contributed by atoms with Crippen LogP contribution in [0.5, 0.6) is 11.5 Å². The number of aromatic hydroxyl groups is 1. The van der Waals surface area contributed by atoms with Gasteiger partial charge in [0.25, 0.3) is 0 Å². The lowest BCUT2D eigenvalue weighted by atomic mass is 10.0. The first-order chi connectivity index (χ1) is 14.6. The Bertz CT molecular complexity index is 822. The van der Waals surface area contributed by atoms with Gasteiger partial charge in [-0.1, -0.05) is 12.1 Å². The van der Waals surface area contributed by atoms with Crippen molar-refractivity contribution in [2.24, 2.45) is 0 Å². The van der Waals surface area contributed by atoms with Crippen LogP contribution in [-0.2, 0) is 6.54 Å². The number of likely N-dealkylation sites (tertiary alicyclic amines) is 1. The van der Waals surface area contributed by atoms with Crippen molar-refractivity contribution in [2.45, 2.75) is 32.4 Å². The largest absolute Gasteiger partial charge is 0.504 e. The molecule has 30 heavy (non-hydrogen) atoms. The predicted molar refractivity (Wildman–Crippen MR) is 118 cm³/mol. The van der Waals surface area contributed by atoms with E-state index in [4.69, 9.17) is 4.74 Å². The zero-order valence-electron chi connectivity index (χ0n) is 17.8. The molecule has 2 aromatic carbocycles. The molecule has 6 heteroatoms. The van der Waals surface area contributed by atoms with Gasteiger partial charge in [-0.05, 0) is 56.6 Å². The first-order valence-electron chi connectivity index (χ1n) is 11.0. The van der Waals surface area contributed by atoms with Crippen LogP contribution in [0.15, 0.2) is 42.5 Å². The molecule has 2 aliphatic rings. The van der Waals surface area contributed by atoms with Gasteiger partial charge in [-0.25, -0.2) is 4.39 Å². The van der Waals surface area contributed by atoms with E-state index in [1.54, 1.807) is 0 Å². The van der Waals surface area contributed by atoms with Crippen molar-refractivity contribution >= 4 is 5.69 Å². The molecule has 0 bridgehead atoms. The minimum Gasteiger partial charge on any atom is -0.504 e. The Morgan fingerprint density at radius 2 is 1.80 bits per heavy atom. The maximum absolute atomic E-state index is 13.2. The molecule has 0 spiro atoms. The molecule has 2 saturated heterocycles. The van der Waals surface area contributed by atoms with Gasteiger partial charge in [0.1, 0.15) is 5.82 Å². The van der Waals surface area contributed by atoms with E-state index in [1.807, 2.05) is 37.3 Å². The van der Waals surface area contributed by atoms with Crippen molar-refractivity contribution in [2.75, 3.05) is 50.8 Å². The van der Waals surface area contributed by atoms with Gasteiger partial charge in [-0.2, -0.15) is 0 Å². The number of phenols is 1. The Labute approximate surface area is 178 Å². The molecular weight excluding hydrogens is 381 g/mol. The van der Waals surface area contributed by atoms with Crippen LogP contribution in [-0.4, -0.2) is 66.8 Å². The molecule has 0 radical (unpaired) electrons. The SMILES string of the molecule is CCOc1cccc(CN2CCCC(N3CCN(c4ccc(F)cc4)CC3)C2)c1O. The average Bonchev–Trinajstić information content (AvgIpc) is 2.78. The lowest BCUT2D eigenvalue weighted by Gasteiger charge is -2.44. The monoisotopic (exact) mass is 413 g/mol. The number of piperidine rings is 1. The fourth-order valence-corrected chi connectivity index (χ4v) is 4.68. The molecule has 2 aliphatic heterocycles. The summed E-state index contributed by atoms with van der Waals surface area (Å²) in [7, 11) is 0. The Kier molecular flexibility index (Phi) is 6.75. The summed E-state index contributed by atoms with van der Waals surface area (Å²) in [5.74, 6) is 0.660. The van der Waals surface area contributed by atoms with E-state index in [0.29, 0.717) is 18.4 Å². The Hall–Kier alpha value is -2.31. The number of piperazine rings is 1. The first-order valence-corrected chi connectivity index (χ1v) is 11.0. The van der Waals surface area contributed by atoms with Crippen LogP contribution in [0.1, 0.15) is 25.3 Å². The topological polar surface area (TPSA) is 39.2 Å². The van der Waals surface area contributed by atoms with Crippen molar-refractivity contribution in [3.8, 4) is 11.5 Å². The highest BCUT2D eigenvalue weighted by Crippen LogP contribution is 2.31. The summed E-state index contributed by atoms with van der Waals surface area (Å²) in [4.78, 5) is 7.39. The first kappa shape index (κ1) is 20.9. The number of anilines is 1. The standard InChI is InChI=1S/C24H32FN3O2/c1-2-30-23-7-3-5-19(24(23)29)17-26-12-4-6-22(18-26)28-15-13-27(14-16-28)21-10-8-20(25)9-11-21/h3,5,7-11,22,29H,2,4,6,12-18H2,1H3. The van der Waals surface area contributed by atoms with Gasteiger partial charge in [0.05, 0.1) is 6.61 Å². The molecule has 0 saturated carbocycles. The molecule has 2 aromatic rings. The van der Waals surface area contributed by atoms with Gasteiger partial charge in [0, 0.05) is 56.6 Å². The lowest BCUT2D eigenvalue weighted by Crippen LogP contribution is -2.55. The summed E-state index contributed by atoms with van der Waals surface area (Å²) < 4.78 is 18.7. The van der Waals surface area contributed by atoms with Crippen molar-refractivity contribution in [1.82, 2.24) is 9.80 Å². The van der Waals surface area contributed by atoms with Crippen LogP contribution in [0.3, 0.4) is 0 Å². The summed E-state index contributed by atoms with van der Waals surface area (Å²) >= 11 is 0. The third-order valence-electron chi connectivity index (χ3n) is 6.28. The number of ether oxygens (including phenoxy) is 1. The van der Waals surface area contributed by atoms with Gasteiger partial charge in [-0.15, -0.1) is 0 Å². The Balaban J connectivity index is 1.32. The maximum Gasteiger partial charge on any atom is 0.162 e. The molecule has 1 N–H and O–H groups in total. The number of para-hydroxylation sites is 1. The second-order valence-electron chi connectivity index (χ2n) is 8.23. The predicted octanol–water partition coefficient (Wildman–Crippen LogP) is 3.72. The van der Waals surface area contributed by atoms with Gasteiger partial charge in [-0.3, -0.25) is 9.80 Å². The molecule has 162 valence electrons. The fraction of sp³-hybridized carbons (Fsp3) is 0.500. The highest BCUT2D eigenvalue weighted by Gasteiger charge is 2.28. The van der Waals surface area contributed by atoms with E-state index in [9.17, 15) is 9.50 Å². The zero-order valence-corrected chi connectivity index (χ0v) is 17.8. The normalized spacial score (nSPS) is 21.0. The number of rotatable bonds is 6. The zero-order chi connectivity index (χ0) is 20.9. The number of phenolic OH excluding ortho intramolecular Hbond substituents is 1. The molecule has 5 nitrogen and oxygen atoms in total. The van der Waals surface area contributed by atoms with Crippen LogP contribution in [0, 0.1) is 5.82 Å². The molecule has 0 amide bonds. The van der Waals surface area contributed by atoms with Gasteiger partial charge in [0.2, 0.25) is 0 Å². The van der Waals surface area contributed by atoms with Crippen molar-refractivity contribution in [3.05, 3.63) is 53.8 Å². The van der Waals surface area contributed by atoms with Gasteiger partial charge in [0.15, 0.2) is 11.5 Å². The summed E-state index contributed by atoms with van der Waals surface area (Å²) in [6.07, 6.45) is 2.40. The fourth-order valence-electron chi connectivity index (χ4n) is 4.68. The minimum atomic E-state index is -0.183. The Morgan fingerprint density at radius 1 is 1.03 bits per heavy atom. The number of hydrogen-bond acceptors (Lipinski definition) is 5. The van der Waals surface area contributed by atoms with E-state index >= 15 is 0 Å². The van der Waals surface area contributed by atoms with E-state index in [0.717, 1.165) is 57.1 Å². The number of benzene rings is 2. The van der Waals surface area contributed by atoms with Gasteiger partial charge >= 0.3 is 0 Å². The highest BCUT2D eigenvalue weighted by atomic mass is 19.1. The highest BCUT2D eigenvalue weighted by molar-refractivity contribution is 5.47. The molecule has 4 rings (SSSR count). The number of nitrogens with zero attached hydrogens (tertiary/aromatic N) is 3. The molecule has 1 atom stereocenters. The van der Waals surface area contributed by atoms with Crippen molar-refractivity contribution in [1.29, 1.82) is 0 Å². The summed E-state index contributed by atoms with van der Waals surface area (Å²) in [5, 5.41) is 10.5. The van der Waals surface area contributed by atoms with Crippen molar-refractivity contribution < 1.29 is 14.2 Å². The third-order valence-corrected chi connectivity index (χ3v) is 6.28. The quantitative estimate of drug-likeness (QED) is 0.782. The smallest absolute Gasteiger partial charge is 0.162 e. The second kappa shape index (κ2) is 9.67. The summed E-state index contributed by atoms with van der Waals surface area (Å²) in [6.45, 7) is 9.31. The van der Waals surface area contributed by atoms with Crippen LogP contribution in [0.4, 0.5) is 10.1 Å². The summed E-state index contributed by atoms with van der Waals surface area (Å²) in [6, 6.07) is 13.1. The van der Waals surface area contributed by atoms with Crippen LogP contribution in [0.2, 0.25) is 0 Å². The molecule has 0 aromatic heterocycles. The minimum absolute atomic E-state index is 0.183. The summed E-state index contributed by atoms with van der Waals surface area (Å²) in [5.41, 5.74) is 2.04. The molecule has 2 fully saturated rings. The van der Waals surface area contributed by atoms with E-state index in [-0.39, 0.29) is 11.6 Å². The Morgan fingerprint density at radius 3 is 2.53 bits per heavy atom. The van der Waals surface area contributed by atoms with Crippen LogP contribution >= 0.6 is 0 Å². The number of halogens is 1. The molecule has 2 heterocycles. The average molecular weight is 414 g/mol. The number of hydrogen-bond donors (Lipinski definition) is 1. The van der Waals surface area contributed by atoms with Crippen LogP contribution < -0.4 is 9.64 Å². The van der Waals surface area contributed by atoms with Gasteiger partial charge < -0.3 is 14.7 Å². The van der Waals surface area contributed by atoms with Crippen molar-refractivity contribution in [3.63, 3.8) is 0 Å². The third kappa shape index (κ3) is 4.87. The maximum atomic E-state index is 13.2. The van der Waals surface area contributed by atoms with E-state index in [2.05, 4.69) is 14.7 Å². The van der Waals surface area contributed by atoms with Crippen LogP contribution in [0.25, 0.3) is 0 Å². The van der Waals surface area contributed by atoms with E-state index < -0.39 is 0 Å². The second-order valence-corrected chi connectivity index (χ2v) is 8.23. The lowest BCUT2D eigenvalue weighted by molar-refractivity contribution is 0.0882. The molecule has 0 aliphatic carbocycles.